The summed E-state index contributed by atoms with van der Waals surface area (Å²) in [5.41, 5.74) is 0.741. The molecule has 1 aromatic rings. The SMILES string of the molecule is CCNCc1c(C)oc(C)c1S(=O)(=O)N(C)CC(C)CC. The third-order valence-corrected chi connectivity index (χ3v) is 5.83. The summed E-state index contributed by atoms with van der Waals surface area (Å²) < 4.78 is 32.7. The van der Waals surface area contributed by atoms with Crippen LogP contribution < -0.4 is 5.32 Å². The Morgan fingerprint density at radius 3 is 2.38 bits per heavy atom. The first-order valence-corrected chi connectivity index (χ1v) is 8.95. The molecule has 1 N–H and O–H groups in total. The predicted molar refractivity (Wildman–Crippen MR) is 84.8 cm³/mol. The summed E-state index contributed by atoms with van der Waals surface area (Å²) in [7, 11) is -1.88. The zero-order chi connectivity index (χ0) is 16.2. The van der Waals surface area contributed by atoms with E-state index < -0.39 is 10.0 Å². The van der Waals surface area contributed by atoms with Gasteiger partial charge in [-0.15, -0.1) is 0 Å². The van der Waals surface area contributed by atoms with Gasteiger partial charge in [-0.1, -0.05) is 27.2 Å². The molecule has 1 rings (SSSR count). The number of hydrogen-bond donors (Lipinski definition) is 1. The lowest BCUT2D eigenvalue weighted by Gasteiger charge is -2.21. The van der Waals surface area contributed by atoms with E-state index in [1.807, 2.05) is 13.8 Å². The standard InChI is InChI=1S/C15H28N2O3S/c1-7-11(3)10-17(6)21(18,19)15-13(5)20-12(4)14(15)9-16-8-2/h11,16H,7-10H2,1-6H3. The van der Waals surface area contributed by atoms with E-state index in [-0.39, 0.29) is 0 Å². The van der Waals surface area contributed by atoms with Crippen molar-refractivity contribution in [2.45, 2.75) is 52.5 Å². The molecule has 1 unspecified atom stereocenters. The van der Waals surface area contributed by atoms with Crippen molar-refractivity contribution in [1.82, 2.24) is 9.62 Å². The van der Waals surface area contributed by atoms with E-state index in [9.17, 15) is 8.42 Å². The van der Waals surface area contributed by atoms with Crippen LogP contribution in [-0.4, -0.2) is 32.9 Å². The average molecular weight is 316 g/mol. The van der Waals surface area contributed by atoms with Crippen molar-refractivity contribution in [3.05, 3.63) is 17.1 Å². The van der Waals surface area contributed by atoms with Gasteiger partial charge in [0.25, 0.3) is 0 Å². The number of sulfonamides is 1. The van der Waals surface area contributed by atoms with E-state index in [4.69, 9.17) is 4.42 Å². The second-order valence-electron chi connectivity index (χ2n) is 5.60. The molecule has 0 aliphatic carbocycles. The lowest BCUT2D eigenvalue weighted by Crippen LogP contribution is -2.32. The highest BCUT2D eigenvalue weighted by Crippen LogP contribution is 2.29. The predicted octanol–water partition coefficient (Wildman–Crippen LogP) is 2.67. The molecule has 21 heavy (non-hydrogen) atoms. The van der Waals surface area contributed by atoms with Crippen LogP contribution in [0.4, 0.5) is 0 Å². The molecule has 0 amide bonds. The fourth-order valence-electron chi connectivity index (χ4n) is 2.32. The van der Waals surface area contributed by atoms with Gasteiger partial charge in [-0.05, 0) is 26.3 Å². The molecule has 1 heterocycles. The van der Waals surface area contributed by atoms with E-state index in [0.29, 0.717) is 35.4 Å². The minimum absolute atomic E-state index is 0.326. The molecule has 6 heteroatoms. The first-order valence-electron chi connectivity index (χ1n) is 7.51. The molecule has 1 aromatic heterocycles. The highest BCUT2D eigenvalue weighted by atomic mass is 32.2. The van der Waals surface area contributed by atoms with E-state index in [1.165, 1.54) is 4.31 Å². The Hall–Kier alpha value is -0.850. The van der Waals surface area contributed by atoms with Gasteiger partial charge in [0, 0.05) is 25.7 Å². The second kappa shape index (κ2) is 7.42. The minimum Gasteiger partial charge on any atom is -0.465 e. The molecule has 0 fully saturated rings. The Kier molecular flexibility index (Phi) is 6.43. The van der Waals surface area contributed by atoms with Crippen LogP contribution in [0.1, 0.15) is 44.3 Å². The Morgan fingerprint density at radius 2 is 1.86 bits per heavy atom. The fraction of sp³-hybridized carbons (Fsp3) is 0.733. The molecular weight excluding hydrogens is 288 g/mol. The average Bonchev–Trinajstić information content (AvgIpc) is 2.70. The van der Waals surface area contributed by atoms with Crippen LogP contribution >= 0.6 is 0 Å². The Labute approximate surface area is 128 Å². The first kappa shape index (κ1) is 18.2. The van der Waals surface area contributed by atoms with E-state index in [1.54, 1.807) is 14.0 Å². The first-order chi connectivity index (χ1) is 9.75. The molecular formula is C15H28N2O3S. The summed E-state index contributed by atoms with van der Waals surface area (Å²) in [5, 5.41) is 3.18. The van der Waals surface area contributed by atoms with Crippen LogP contribution in [0.15, 0.2) is 9.31 Å². The smallest absolute Gasteiger partial charge is 0.246 e. The molecule has 0 aliphatic rings. The van der Waals surface area contributed by atoms with Gasteiger partial charge in [-0.25, -0.2) is 12.7 Å². The summed E-state index contributed by atoms with van der Waals surface area (Å²) in [6, 6.07) is 0. The molecule has 122 valence electrons. The Balaban J connectivity index is 3.18. The van der Waals surface area contributed by atoms with Crippen molar-refractivity contribution in [2.75, 3.05) is 20.1 Å². The number of nitrogens with one attached hydrogen (secondary N) is 1. The van der Waals surface area contributed by atoms with Crippen LogP contribution in [0, 0.1) is 19.8 Å². The van der Waals surface area contributed by atoms with Gasteiger partial charge in [-0.2, -0.15) is 0 Å². The number of nitrogens with zero attached hydrogens (tertiary/aromatic N) is 1. The summed E-state index contributed by atoms with van der Waals surface area (Å²) in [6.07, 6.45) is 0.952. The van der Waals surface area contributed by atoms with Crippen LogP contribution in [0.3, 0.4) is 0 Å². The Bertz CT molecular complexity index is 564. The third-order valence-electron chi connectivity index (χ3n) is 3.81. The van der Waals surface area contributed by atoms with Crippen molar-refractivity contribution < 1.29 is 12.8 Å². The molecule has 0 spiro atoms. The summed E-state index contributed by atoms with van der Waals surface area (Å²) in [4.78, 5) is 0.326. The van der Waals surface area contributed by atoms with Gasteiger partial charge < -0.3 is 9.73 Å². The zero-order valence-corrected chi connectivity index (χ0v) is 14.8. The van der Waals surface area contributed by atoms with E-state index in [0.717, 1.165) is 18.5 Å². The van der Waals surface area contributed by atoms with Crippen molar-refractivity contribution in [2.24, 2.45) is 5.92 Å². The number of aryl methyl sites for hydroxylation is 2. The number of furan rings is 1. The summed E-state index contributed by atoms with van der Waals surface area (Å²) in [6.45, 7) is 11.4. The fourth-order valence-corrected chi connectivity index (χ4v) is 4.02. The third kappa shape index (κ3) is 4.08. The quantitative estimate of drug-likeness (QED) is 0.801. The topological polar surface area (TPSA) is 62.6 Å². The van der Waals surface area contributed by atoms with Gasteiger partial charge in [0.2, 0.25) is 10.0 Å². The maximum atomic E-state index is 12.8. The molecule has 0 bridgehead atoms. The van der Waals surface area contributed by atoms with Crippen LogP contribution in [0.5, 0.6) is 0 Å². The van der Waals surface area contributed by atoms with Gasteiger partial charge in [0.1, 0.15) is 16.4 Å². The summed E-state index contributed by atoms with van der Waals surface area (Å²) in [5.74, 6) is 1.47. The van der Waals surface area contributed by atoms with Gasteiger partial charge in [-0.3, -0.25) is 0 Å². The minimum atomic E-state index is -3.52. The largest absolute Gasteiger partial charge is 0.465 e. The highest BCUT2D eigenvalue weighted by Gasteiger charge is 2.30. The Morgan fingerprint density at radius 1 is 1.24 bits per heavy atom. The van der Waals surface area contributed by atoms with Crippen molar-refractivity contribution in [1.29, 1.82) is 0 Å². The monoisotopic (exact) mass is 316 g/mol. The van der Waals surface area contributed by atoms with Crippen LogP contribution in [0.25, 0.3) is 0 Å². The lowest BCUT2D eigenvalue weighted by molar-refractivity contribution is 0.392. The van der Waals surface area contributed by atoms with E-state index in [2.05, 4.69) is 19.2 Å². The number of rotatable bonds is 8. The van der Waals surface area contributed by atoms with Crippen molar-refractivity contribution in [3.63, 3.8) is 0 Å². The molecule has 0 saturated heterocycles. The van der Waals surface area contributed by atoms with Crippen molar-refractivity contribution in [3.8, 4) is 0 Å². The molecule has 0 saturated carbocycles. The van der Waals surface area contributed by atoms with Gasteiger partial charge >= 0.3 is 0 Å². The van der Waals surface area contributed by atoms with E-state index >= 15 is 0 Å². The van der Waals surface area contributed by atoms with Crippen molar-refractivity contribution >= 4 is 10.0 Å². The highest BCUT2D eigenvalue weighted by molar-refractivity contribution is 7.89. The van der Waals surface area contributed by atoms with Gasteiger partial charge in [0.15, 0.2) is 0 Å². The van der Waals surface area contributed by atoms with Crippen LogP contribution in [-0.2, 0) is 16.6 Å². The normalized spacial score (nSPS) is 13.9. The molecule has 0 aliphatic heterocycles. The molecule has 1 atom stereocenters. The molecule has 0 aromatic carbocycles. The summed E-state index contributed by atoms with van der Waals surface area (Å²) >= 11 is 0. The maximum Gasteiger partial charge on any atom is 0.246 e. The molecule has 5 nitrogen and oxygen atoms in total. The zero-order valence-electron chi connectivity index (χ0n) is 14.0. The second-order valence-corrected chi connectivity index (χ2v) is 7.58. The van der Waals surface area contributed by atoms with Gasteiger partial charge in [0.05, 0.1) is 0 Å². The number of hydrogen-bond acceptors (Lipinski definition) is 4. The molecule has 0 radical (unpaired) electrons. The maximum absolute atomic E-state index is 12.8. The lowest BCUT2D eigenvalue weighted by atomic mass is 10.1. The van der Waals surface area contributed by atoms with Crippen LogP contribution in [0.2, 0.25) is 0 Å².